The monoisotopic (exact) mass is 333 g/mol. The number of hydrogen-bond donors (Lipinski definition) is 1. The Bertz CT molecular complexity index is 477. The maximum atomic E-state index is 5.85. The number of nitrogens with two attached hydrogens (primary N) is 1. The van der Waals surface area contributed by atoms with E-state index in [-0.39, 0.29) is 6.04 Å². The van der Waals surface area contributed by atoms with Crippen LogP contribution in [0.15, 0.2) is 31.9 Å². The molecular formula is C9H9Br2N3O. The van der Waals surface area contributed by atoms with Gasteiger partial charge in [0, 0.05) is 0 Å². The number of halogens is 2. The molecule has 2 rings (SSSR count). The van der Waals surface area contributed by atoms with Gasteiger partial charge in [-0.15, -0.1) is 0 Å². The summed E-state index contributed by atoms with van der Waals surface area (Å²) in [4.78, 5) is 0. The third kappa shape index (κ3) is 1.96. The Morgan fingerprint density at radius 2 is 2.20 bits per heavy atom. The molecule has 0 amide bonds. The molecule has 2 aromatic rings. The predicted molar refractivity (Wildman–Crippen MR) is 64.6 cm³/mol. The van der Waals surface area contributed by atoms with Crippen LogP contribution in [-0.4, -0.2) is 9.78 Å². The number of aromatic nitrogens is 2. The maximum Gasteiger partial charge on any atom is 0.169 e. The van der Waals surface area contributed by atoms with Crippen molar-refractivity contribution in [3.8, 4) is 0 Å². The number of nitrogens with zero attached hydrogens (tertiary/aromatic N) is 2. The lowest BCUT2D eigenvalue weighted by Crippen LogP contribution is -2.10. The second-order valence-electron chi connectivity index (χ2n) is 3.14. The zero-order valence-electron chi connectivity index (χ0n) is 7.95. The molecule has 0 aromatic carbocycles. The van der Waals surface area contributed by atoms with Crippen LogP contribution in [0.2, 0.25) is 0 Å². The smallest absolute Gasteiger partial charge is 0.169 e. The Hall–Kier alpha value is -0.750. The first-order valence-electron chi connectivity index (χ1n) is 4.33. The van der Waals surface area contributed by atoms with Crippen LogP contribution in [0.5, 0.6) is 0 Å². The number of anilines is 1. The molecule has 1 unspecified atom stereocenters. The lowest BCUT2D eigenvalue weighted by atomic mass is 10.2. The summed E-state index contributed by atoms with van der Waals surface area (Å²) in [5, 5.41) is 4.17. The van der Waals surface area contributed by atoms with Crippen LogP contribution in [0.1, 0.15) is 18.7 Å². The summed E-state index contributed by atoms with van der Waals surface area (Å²) in [5.41, 5.74) is 5.85. The van der Waals surface area contributed by atoms with Crippen LogP contribution in [0.4, 0.5) is 5.82 Å². The van der Waals surface area contributed by atoms with E-state index in [9.17, 15) is 0 Å². The van der Waals surface area contributed by atoms with Gasteiger partial charge in [-0.3, -0.25) is 0 Å². The lowest BCUT2D eigenvalue weighted by molar-refractivity contribution is 0.416. The highest BCUT2D eigenvalue weighted by Crippen LogP contribution is 2.27. The van der Waals surface area contributed by atoms with E-state index >= 15 is 0 Å². The van der Waals surface area contributed by atoms with E-state index in [1.807, 2.05) is 19.1 Å². The number of nitrogen functional groups attached to an aromatic ring is 1. The molecule has 6 heteroatoms. The molecule has 0 aliphatic heterocycles. The fraction of sp³-hybridized carbons (Fsp3) is 0.222. The van der Waals surface area contributed by atoms with Gasteiger partial charge in [-0.1, -0.05) is 0 Å². The first-order valence-corrected chi connectivity index (χ1v) is 5.92. The standard InChI is InChI=1S/C9H9Br2N3O/c1-5(7-2-3-8(11)15-7)14-9(12)6(10)4-13-14/h2-5H,12H2,1H3. The average Bonchev–Trinajstić information content (AvgIpc) is 2.75. The molecule has 0 spiro atoms. The van der Waals surface area contributed by atoms with Gasteiger partial charge < -0.3 is 10.2 Å². The highest BCUT2D eigenvalue weighted by Gasteiger charge is 2.16. The van der Waals surface area contributed by atoms with Crippen LogP contribution in [-0.2, 0) is 0 Å². The summed E-state index contributed by atoms with van der Waals surface area (Å²) in [5.74, 6) is 1.40. The van der Waals surface area contributed by atoms with Crippen molar-refractivity contribution in [2.45, 2.75) is 13.0 Å². The number of hydrogen-bond acceptors (Lipinski definition) is 3. The summed E-state index contributed by atoms with van der Waals surface area (Å²) in [6, 6.07) is 3.72. The maximum absolute atomic E-state index is 5.85. The fourth-order valence-corrected chi connectivity index (χ4v) is 1.92. The van der Waals surface area contributed by atoms with E-state index in [0.29, 0.717) is 10.5 Å². The summed E-state index contributed by atoms with van der Waals surface area (Å²) in [7, 11) is 0. The molecule has 0 bridgehead atoms. The molecule has 2 N–H and O–H groups in total. The molecule has 0 fully saturated rings. The van der Waals surface area contributed by atoms with Crippen LogP contribution in [0.25, 0.3) is 0 Å². The Morgan fingerprint density at radius 1 is 1.47 bits per heavy atom. The van der Waals surface area contributed by atoms with Crippen molar-refractivity contribution < 1.29 is 4.42 Å². The zero-order valence-corrected chi connectivity index (χ0v) is 11.1. The van der Waals surface area contributed by atoms with Crippen molar-refractivity contribution in [1.82, 2.24) is 9.78 Å². The largest absolute Gasteiger partial charge is 0.452 e. The summed E-state index contributed by atoms with van der Waals surface area (Å²) < 4.78 is 8.65. The van der Waals surface area contributed by atoms with Gasteiger partial charge in [0.25, 0.3) is 0 Å². The van der Waals surface area contributed by atoms with Crippen molar-refractivity contribution in [3.63, 3.8) is 0 Å². The van der Waals surface area contributed by atoms with Gasteiger partial charge >= 0.3 is 0 Å². The SMILES string of the molecule is CC(c1ccc(Br)o1)n1ncc(Br)c1N. The van der Waals surface area contributed by atoms with Gasteiger partial charge in [0.05, 0.1) is 10.7 Å². The van der Waals surface area contributed by atoms with Crippen LogP contribution in [0.3, 0.4) is 0 Å². The molecule has 0 aliphatic carbocycles. The molecule has 15 heavy (non-hydrogen) atoms. The average molecular weight is 335 g/mol. The Balaban J connectivity index is 2.36. The first kappa shape index (κ1) is 10.8. The number of rotatable bonds is 2. The topological polar surface area (TPSA) is 57.0 Å². The third-order valence-electron chi connectivity index (χ3n) is 2.16. The van der Waals surface area contributed by atoms with Crippen molar-refractivity contribution in [1.29, 1.82) is 0 Å². The third-order valence-corrected chi connectivity index (χ3v) is 3.20. The van der Waals surface area contributed by atoms with Gasteiger partial charge in [-0.05, 0) is 50.9 Å². The summed E-state index contributed by atoms with van der Waals surface area (Å²) in [6.45, 7) is 1.97. The van der Waals surface area contributed by atoms with Crippen LogP contribution in [0, 0.1) is 0 Å². The van der Waals surface area contributed by atoms with E-state index < -0.39 is 0 Å². The molecule has 2 aromatic heterocycles. The van der Waals surface area contributed by atoms with E-state index in [4.69, 9.17) is 10.2 Å². The van der Waals surface area contributed by atoms with Crippen LogP contribution >= 0.6 is 31.9 Å². The molecule has 0 saturated carbocycles. The van der Waals surface area contributed by atoms with Crippen molar-refractivity contribution in [2.75, 3.05) is 5.73 Å². The van der Waals surface area contributed by atoms with E-state index in [1.165, 1.54) is 0 Å². The summed E-state index contributed by atoms with van der Waals surface area (Å²) in [6.07, 6.45) is 1.67. The summed E-state index contributed by atoms with van der Waals surface area (Å²) >= 11 is 6.57. The highest BCUT2D eigenvalue weighted by atomic mass is 79.9. The van der Waals surface area contributed by atoms with Gasteiger partial charge in [0.2, 0.25) is 0 Å². The predicted octanol–water partition coefficient (Wildman–Crippen LogP) is 3.19. The molecule has 2 heterocycles. The van der Waals surface area contributed by atoms with E-state index in [2.05, 4.69) is 37.0 Å². The second-order valence-corrected chi connectivity index (χ2v) is 4.78. The molecule has 0 saturated heterocycles. The quantitative estimate of drug-likeness (QED) is 0.917. The minimum atomic E-state index is -0.0254. The van der Waals surface area contributed by atoms with Gasteiger partial charge in [-0.25, -0.2) is 4.68 Å². The molecule has 4 nitrogen and oxygen atoms in total. The van der Waals surface area contributed by atoms with E-state index in [0.717, 1.165) is 10.2 Å². The van der Waals surface area contributed by atoms with Crippen molar-refractivity contribution in [3.05, 3.63) is 33.2 Å². The highest BCUT2D eigenvalue weighted by molar-refractivity contribution is 9.10. The molecule has 80 valence electrons. The molecule has 1 atom stereocenters. The number of furan rings is 1. The Kier molecular flexibility index (Phi) is 2.88. The van der Waals surface area contributed by atoms with E-state index in [1.54, 1.807) is 10.9 Å². The van der Waals surface area contributed by atoms with Crippen LogP contribution < -0.4 is 5.73 Å². The normalized spacial score (nSPS) is 13.0. The van der Waals surface area contributed by atoms with Crippen molar-refractivity contribution >= 4 is 37.7 Å². The Labute approximate surface area is 104 Å². The van der Waals surface area contributed by atoms with Crippen molar-refractivity contribution in [2.24, 2.45) is 0 Å². The van der Waals surface area contributed by atoms with Gasteiger partial charge in [0.15, 0.2) is 4.67 Å². The molecule has 0 aliphatic rings. The first-order chi connectivity index (χ1) is 7.09. The molecule has 0 radical (unpaired) electrons. The van der Waals surface area contributed by atoms with Gasteiger partial charge in [0.1, 0.15) is 17.6 Å². The second kappa shape index (κ2) is 4.02. The minimum absolute atomic E-state index is 0.0254. The zero-order chi connectivity index (χ0) is 11.0. The van der Waals surface area contributed by atoms with Gasteiger partial charge in [-0.2, -0.15) is 5.10 Å². The minimum Gasteiger partial charge on any atom is -0.452 e. The Morgan fingerprint density at radius 3 is 2.67 bits per heavy atom. The lowest BCUT2D eigenvalue weighted by Gasteiger charge is -2.10. The fourth-order valence-electron chi connectivity index (χ4n) is 1.33. The molecular weight excluding hydrogens is 326 g/mol.